The Morgan fingerprint density at radius 3 is 2.41 bits per heavy atom. The number of ether oxygens (including phenoxy) is 2. The molecule has 0 radical (unpaired) electrons. The summed E-state index contributed by atoms with van der Waals surface area (Å²) in [5.41, 5.74) is 2.24. The quantitative estimate of drug-likeness (QED) is 0.362. The summed E-state index contributed by atoms with van der Waals surface area (Å²) in [4.78, 5) is 0. The summed E-state index contributed by atoms with van der Waals surface area (Å²) < 4.78 is 12.7. The molecule has 0 atom stereocenters. The van der Waals surface area contributed by atoms with Crippen molar-refractivity contribution < 1.29 is 9.47 Å². The highest BCUT2D eigenvalue weighted by Gasteiger charge is 2.12. The summed E-state index contributed by atoms with van der Waals surface area (Å²) in [5.74, 6) is 1.50. The lowest BCUT2D eigenvalue weighted by Gasteiger charge is -2.16. The molecule has 0 spiro atoms. The summed E-state index contributed by atoms with van der Waals surface area (Å²) >= 11 is 9.57. The zero-order valence-corrected chi connectivity index (χ0v) is 19.1. The number of halogens is 3. The van der Waals surface area contributed by atoms with Crippen molar-refractivity contribution in [2.24, 2.45) is 0 Å². The van der Waals surface area contributed by atoms with Crippen molar-refractivity contribution in [3.8, 4) is 11.5 Å². The lowest BCUT2D eigenvalue weighted by molar-refractivity contribution is 0.267. The molecule has 0 fully saturated rings. The van der Waals surface area contributed by atoms with Gasteiger partial charge in [0.2, 0.25) is 0 Å². The molecule has 0 aliphatic carbocycles. The minimum Gasteiger partial charge on any atom is -0.490 e. The van der Waals surface area contributed by atoms with E-state index in [2.05, 4.69) is 40.3 Å². The Morgan fingerprint density at radius 2 is 1.74 bits per heavy atom. The summed E-state index contributed by atoms with van der Waals surface area (Å²) in [5, 5.41) is 4.21. The molecule has 27 heavy (non-hydrogen) atoms. The van der Waals surface area contributed by atoms with Gasteiger partial charge in [-0.25, -0.2) is 0 Å². The van der Waals surface area contributed by atoms with Crippen LogP contribution < -0.4 is 14.8 Å². The SMILES string of the molecule is CCCCCNCc1cc(Br)c(OCc2ccc(Cl)cc2)c(OCC)c1.Cl. The van der Waals surface area contributed by atoms with E-state index >= 15 is 0 Å². The Balaban J connectivity index is 0.00000364. The van der Waals surface area contributed by atoms with E-state index in [0.29, 0.717) is 13.2 Å². The van der Waals surface area contributed by atoms with Gasteiger partial charge in [-0.05, 0) is 71.2 Å². The second-order valence-electron chi connectivity index (χ2n) is 6.14. The molecule has 6 heteroatoms. The van der Waals surface area contributed by atoms with Crippen LogP contribution in [0.2, 0.25) is 5.02 Å². The maximum absolute atomic E-state index is 6.02. The van der Waals surface area contributed by atoms with E-state index in [0.717, 1.165) is 39.6 Å². The van der Waals surface area contributed by atoms with Gasteiger partial charge in [0.1, 0.15) is 6.61 Å². The van der Waals surface area contributed by atoms with Crippen molar-refractivity contribution in [3.05, 3.63) is 57.0 Å². The van der Waals surface area contributed by atoms with Crippen LogP contribution in [0.15, 0.2) is 40.9 Å². The zero-order chi connectivity index (χ0) is 18.8. The summed E-state index contributed by atoms with van der Waals surface area (Å²) in [6.07, 6.45) is 3.71. The molecule has 0 aromatic heterocycles. The molecule has 0 saturated carbocycles. The largest absolute Gasteiger partial charge is 0.490 e. The Bertz CT molecular complexity index is 681. The van der Waals surface area contributed by atoms with E-state index in [-0.39, 0.29) is 12.4 Å². The maximum Gasteiger partial charge on any atom is 0.175 e. The summed E-state index contributed by atoms with van der Waals surface area (Å²) in [7, 11) is 0. The molecule has 150 valence electrons. The second-order valence-corrected chi connectivity index (χ2v) is 7.43. The van der Waals surface area contributed by atoms with Gasteiger partial charge in [-0.3, -0.25) is 0 Å². The molecule has 0 amide bonds. The van der Waals surface area contributed by atoms with Gasteiger partial charge in [-0.15, -0.1) is 12.4 Å². The molecule has 0 bridgehead atoms. The molecule has 0 aliphatic rings. The molecule has 2 aromatic carbocycles. The standard InChI is InChI=1S/C21H27BrClNO2.ClH/c1-3-5-6-11-24-14-17-12-19(22)21(20(13-17)25-4-2)26-15-16-7-9-18(23)10-8-16;/h7-10,12-13,24H,3-6,11,14-15H2,1-2H3;1H. The van der Waals surface area contributed by atoms with E-state index < -0.39 is 0 Å². The van der Waals surface area contributed by atoms with Gasteiger partial charge in [0, 0.05) is 11.6 Å². The number of rotatable bonds is 11. The van der Waals surface area contributed by atoms with Gasteiger partial charge >= 0.3 is 0 Å². The first kappa shape index (κ1) is 24.1. The second kappa shape index (κ2) is 13.3. The van der Waals surface area contributed by atoms with Crippen LogP contribution in [0.3, 0.4) is 0 Å². The average Bonchev–Trinajstić information content (AvgIpc) is 2.62. The predicted octanol–water partition coefficient (Wildman–Crippen LogP) is 6.78. The van der Waals surface area contributed by atoms with E-state index in [1.165, 1.54) is 24.8 Å². The Kier molecular flexibility index (Phi) is 11.8. The van der Waals surface area contributed by atoms with Crippen LogP contribution in [0.25, 0.3) is 0 Å². The van der Waals surface area contributed by atoms with E-state index in [4.69, 9.17) is 21.1 Å². The van der Waals surface area contributed by atoms with Crippen LogP contribution in [0, 0.1) is 0 Å². The molecule has 1 N–H and O–H groups in total. The molecule has 0 heterocycles. The monoisotopic (exact) mass is 475 g/mol. The van der Waals surface area contributed by atoms with Crippen molar-refractivity contribution in [2.45, 2.75) is 46.3 Å². The molecule has 2 rings (SSSR count). The molecule has 0 saturated heterocycles. The van der Waals surface area contributed by atoms with Crippen LogP contribution in [-0.4, -0.2) is 13.2 Å². The minimum atomic E-state index is 0. The summed E-state index contributed by atoms with van der Waals surface area (Å²) in [6, 6.07) is 11.8. The molecular formula is C21H28BrCl2NO2. The first-order valence-corrected chi connectivity index (χ1v) is 10.3. The van der Waals surface area contributed by atoms with Crippen molar-refractivity contribution in [3.63, 3.8) is 0 Å². The van der Waals surface area contributed by atoms with Gasteiger partial charge in [0.15, 0.2) is 11.5 Å². The number of hydrogen-bond donors (Lipinski definition) is 1. The number of benzene rings is 2. The van der Waals surface area contributed by atoms with E-state index in [9.17, 15) is 0 Å². The van der Waals surface area contributed by atoms with E-state index in [1.807, 2.05) is 31.2 Å². The van der Waals surface area contributed by atoms with Gasteiger partial charge in [0.05, 0.1) is 11.1 Å². The van der Waals surface area contributed by atoms with Crippen LogP contribution in [0.5, 0.6) is 11.5 Å². The number of nitrogens with one attached hydrogen (secondary N) is 1. The van der Waals surface area contributed by atoms with Crippen molar-refractivity contribution >= 4 is 39.9 Å². The number of unbranched alkanes of at least 4 members (excludes halogenated alkanes) is 2. The molecule has 0 aliphatic heterocycles. The van der Waals surface area contributed by atoms with Gasteiger partial charge < -0.3 is 14.8 Å². The average molecular weight is 477 g/mol. The first-order chi connectivity index (χ1) is 12.6. The highest BCUT2D eigenvalue weighted by molar-refractivity contribution is 9.10. The van der Waals surface area contributed by atoms with Crippen molar-refractivity contribution in [2.75, 3.05) is 13.2 Å². The Morgan fingerprint density at radius 1 is 1.00 bits per heavy atom. The lowest BCUT2D eigenvalue weighted by atomic mass is 10.2. The van der Waals surface area contributed by atoms with Gasteiger partial charge in [-0.1, -0.05) is 43.5 Å². The highest BCUT2D eigenvalue weighted by atomic mass is 79.9. The Hall–Kier alpha value is -0.940. The summed E-state index contributed by atoms with van der Waals surface area (Å²) in [6.45, 7) is 7.10. The normalized spacial score (nSPS) is 10.4. The number of hydrogen-bond acceptors (Lipinski definition) is 3. The van der Waals surface area contributed by atoms with Crippen LogP contribution >= 0.6 is 39.9 Å². The Labute approximate surface area is 182 Å². The molecular weight excluding hydrogens is 449 g/mol. The third-order valence-corrected chi connectivity index (χ3v) is 4.79. The third-order valence-electron chi connectivity index (χ3n) is 3.95. The van der Waals surface area contributed by atoms with Gasteiger partial charge in [0.25, 0.3) is 0 Å². The van der Waals surface area contributed by atoms with Crippen LogP contribution in [0.1, 0.15) is 44.2 Å². The highest BCUT2D eigenvalue weighted by Crippen LogP contribution is 2.37. The van der Waals surface area contributed by atoms with Crippen molar-refractivity contribution in [1.82, 2.24) is 5.32 Å². The topological polar surface area (TPSA) is 30.5 Å². The van der Waals surface area contributed by atoms with Crippen molar-refractivity contribution in [1.29, 1.82) is 0 Å². The zero-order valence-electron chi connectivity index (χ0n) is 15.9. The molecule has 2 aromatic rings. The first-order valence-electron chi connectivity index (χ1n) is 9.17. The van der Waals surface area contributed by atoms with Gasteiger partial charge in [-0.2, -0.15) is 0 Å². The lowest BCUT2D eigenvalue weighted by Crippen LogP contribution is -2.14. The van der Waals surface area contributed by atoms with Crippen LogP contribution in [0.4, 0.5) is 0 Å². The smallest absolute Gasteiger partial charge is 0.175 e. The fourth-order valence-corrected chi connectivity index (χ4v) is 3.33. The van der Waals surface area contributed by atoms with E-state index in [1.54, 1.807) is 0 Å². The minimum absolute atomic E-state index is 0. The molecule has 0 unspecified atom stereocenters. The fraction of sp³-hybridized carbons (Fsp3) is 0.429. The maximum atomic E-state index is 6.02. The molecule has 3 nitrogen and oxygen atoms in total. The predicted molar refractivity (Wildman–Crippen MR) is 120 cm³/mol. The van der Waals surface area contributed by atoms with Crippen LogP contribution in [-0.2, 0) is 13.2 Å². The third kappa shape index (κ3) is 8.30. The fourth-order valence-electron chi connectivity index (χ4n) is 2.60.